The normalized spacial score (nSPS) is 16.2. The van der Waals surface area contributed by atoms with Gasteiger partial charge in [-0.2, -0.15) is 4.31 Å². The van der Waals surface area contributed by atoms with Gasteiger partial charge in [0.25, 0.3) is 0 Å². The molecule has 1 fully saturated rings. The van der Waals surface area contributed by atoms with Crippen LogP contribution in [0, 0.1) is 0 Å². The third kappa shape index (κ3) is 4.67. The average Bonchev–Trinajstić information content (AvgIpc) is 2.64. The minimum absolute atomic E-state index is 0.330. The van der Waals surface area contributed by atoms with Crippen molar-refractivity contribution in [3.05, 3.63) is 65.7 Å². The number of benzene rings is 2. The van der Waals surface area contributed by atoms with Crippen LogP contribution < -0.4 is 0 Å². The Morgan fingerprint density at radius 2 is 1.60 bits per heavy atom. The Morgan fingerprint density at radius 1 is 0.960 bits per heavy atom. The number of ether oxygens (including phenoxy) is 1. The van der Waals surface area contributed by atoms with E-state index in [9.17, 15) is 8.42 Å². The van der Waals surface area contributed by atoms with Crippen molar-refractivity contribution in [3.8, 4) is 0 Å². The van der Waals surface area contributed by atoms with E-state index in [1.807, 2.05) is 42.5 Å². The highest BCUT2D eigenvalue weighted by atomic mass is 32.2. The Labute approximate surface area is 149 Å². The van der Waals surface area contributed by atoms with Gasteiger partial charge in [-0.15, -0.1) is 0 Å². The van der Waals surface area contributed by atoms with Crippen LogP contribution in [0.3, 0.4) is 0 Å². The van der Waals surface area contributed by atoms with Crippen molar-refractivity contribution in [1.29, 1.82) is 0 Å². The number of rotatable bonds is 6. The predicted octanol–water partition coefficient (Wildman–Crippen LogP) is 2.34. The molecular formula is C19H24N2O3S. The third-order valence-corrected chi connectivity index (χ3v) is 6.21. The lowest BCUT2D eigenvalue weighted by molar-refractivity contribution is 0.0342. The molecule has 0 N–H and O–H groups in total. The zero-order chi connectivity index (χ0) is 17.7. The summed E-state index contributed by atoms with van der Waals surface area (Å²) in [6.07, 6.45) is 0. The van der Waals surface area contributed by atoms with E-state index in [0.29, 0.717) is 11.4 Å². The third-order valence-electron chi connectivity index (χ3n) is 4.39. The first-order valence-corrected chi connectivity index (χ1v) is 9.89. The van der Waals surface area contributed by atoms with Crippen LogP contribution in [-0.4, -0.2) is 51.0 Å². The van der Waals surface area contributed by atoms with Crippen LogP contribution in [0.1, 0.15) is 11.1 Å². The smallest absolute Gasteiger partial charge is 0.243 e. The molecule has 1 aliphatic heterocycles. The Balaban J connectivity index is 1.67. The molecule has 3 rings (SSSR count). The maximum Gasteiger partial charge on any atom is 0.243 e. The quantitative estimate of drug-likeness (QED) is 0.793. The van der Waals surface area contributed by atoms with Gasteiger partial charge >= 0.3 is 0 Å². The molecule has 0 bridgehead atoms. The second kappa shape index (κ2) is 8.10. The fourth-order valence-electron chi connectivity index (χ4n) is 2.89. The van der Waals surface area contributed by atoms with Crippen molar-refractivity contribution in [3.63, 3.8) is 0 Å². The van der Waals surface area contributed by atoms with Gasteiger partial charge in [0.15, 0.2) is 0 Å². The van der Waals surface area contributed by atoms with Crippen molar-refractivity contribution in [2.24, 2.45) is 0 Å². The van der Waals surface area contributed by atoms with Crippen molar-refractivity contribution in [1.82, 2.24) is 9.21 Å². The van der Waals surface area contributed by atoms with E-state index in [1.54, 1.807) is 19.2 Å². The van der Waals surface area contributed by atoms with Crippen LogP contribution >= 0.6 is 0 Å². The zero-order valence-corrected chi connectivity index (χ0v) is 15.3. The second-order valence-corrected chi connectivity index (χ2v) is 8.32. The SMILES string of the molecule is CN(Cc1ccccc1)S(=O)(=O)c1ccc(CN2CCOCC2)cc1. The monoisotopic (exact) mass is 360 g/mol. The highest BCUT2D eigenvalue weighted by Gasteiger charge is 2.21. The van der Waals surface area contributed by atoms with E-state index in [2.05, 4.69) is 4.90 Å². The first kappa shape index (κ1) is 18.1. The highest BCUT2D eigenvalue weighted by molar-refractivity contribution is 7.89. The summed E-state index contributed by atoms with van der Waals surface area (Å²) >= 11 is 0. The summed E-state index contributed by atoms with van der Waals surface area (Å²) in [5.74, 6) is 0. The van der Waals surface area contributed by atoms with Gasteiger partial charge in [-0.1, -0.05) is 42.5 Å². The second-order valence-electron chi connectivity index (χ2n) is 6.28. The summed E-state index contributed by atoms with van der Waals surface area (Å²) < 4.78 is 32.2. The minimum Gasteiger partial charge on any atom is -0.379 e. The van der Waals surface area contributed by atoms with Crippen LogP contribution in [0.25, 0.3) is 0 Å². The molecule has 1 aliphatic rings. The fraction of sp³-hybridized carbons (Fsp3) is 0.368. The Bertz CT molecular complexity index is 770. The molecule has 0 atom stereocenters. The summed E-state index contributed by atoms with van der Waals surface area (Å²) in [5.41, 5.74) is 2.09. The Kier molecular flexibility index (Phi) is 5.86. The summed E-state index contributed by atoms with van der Waals surface area (Å²) in [6.45, 7) is 4.54. The molecule has 2 aromatic carbocycles. The van der Waals surface area contributed by atoms with Gasteiger partial charge in [0.2, 0.25) is 10.0 Å². The number of sulfonamides is 1. The van der Waals surface area contributed by atoms with E-state index >= 15 is 0 Å². The van der Waals surface area contributed by atoms with E-state index in [1.165, 1.54) is 4.31 Å². The van der Waals surface area contributed by atoms with Crippen LogP contribution in [0.15, 0.2) is 59.5 Å². The largest absolute Gasteiger partial charge is 0.379 e. The lowest BCUT2D eigenvalue weighted by Gasteiger charge is -2.26. The molecule has 0 unspecified atom stereocenters. The van der Waals surface area contributed by atoms with Crippen LogP contribution in [-0.2, 0) is 27.8 Å². The number of nitrogens with zero attached hydrogens (tertiary/aromatic N) is 2. The summed E-state index contributed by atoms with van der Waals surface area (Å²) in [7, 11) is -1.87. The molecule has 1 saturated heterocycles. The standard InChI is InChI=1S/C19H24N2O3S/c1-20(15-17-5-3-2-4-6-17)25(22,23)19-9-7-18(8-10-19)16-21-11-13-24-14-12-21/h2-10H,11-16H2,1H3. The highest BCUT2D eigenvalue weighted by Crippen LogP contribution is 2.18. The van der Waals surface area contributed by atoms with E-state index in [-0.39, 0.29) is 0 Å². The Hall–Kier alpha value is -1.73. The fourth-order valence-corrected chi connectivity index (χ4v) is 4.05. The lowest BCUT2D eigenvalue weighted by atomic mass is 10.2. The summed E-state index contributed by atoms with van der Waals surface area (Å²) in [6, 6.07) is 16.8. The molecule has 6 heteroatoms. The molecule has 25 heavy (non-hydrogen) atoms. The van der Waals surface area contributed by atoms with Crippen molar-refractivity contribution in [2.75, 3.05) is 33.4 Å². The van der Waals surface area contributed by atoms with Gasteiger partial charge in [0, 0.05) is 33.2 Å². The van der Waals surface area contributed by atoms with E-state index in [0.717, 1.165) is 44.0 Å². The summed E-state index contributed by atoms with van der Waals surface area (Å²) in [5, 5.41) is 0. The van der Waals surface area contributed by atoms with Gasteiger partial charge in [-0.05, 0) is 23.3 Å². The molecule has 134 valence electrons. The van der Waals surface area contributed by atoms with Crippen LogP contribution in [0.4, 0.5) is 0 Å². The molecule has 0 saturated carbocycles. The number of hydrogen-bond acceptors (Lipinski definition) is 4. The minimum atomic E-state index is -3.49. The molecule has 0 aliphatic carbocycles. The molecule has 5 nitrogen and oxygen atoms in total. The van der Waals surface area contributed by atoms with Gasteiger partial charge in [0.1, 0.15) is 0 Å². The topological polar surface area (TPSA) is 49.9 Å². The Morgan fingerprint density at radius 3 is 2.24 bits per heavy atom. The van der Waals surface area contributed by atoms with Crippen molar-refractivity contribution in [2.45, 2.75) is 18.0 Å². The van der Waals surface area contributed by atoms with E-state index in [4.69, 9.17) is 4.74 Å². The first-order chi connectivity index (χ1) is 12.1. The number of hydrogen-bond donors (Lipinski definition) is 0. The van der Waals surface area contributed by atoms with Gasteiger partial charge < -0.3 is 4.74 Å². The van der Waals surface area contributed by atoms with Gasteiger partial charge in [-0.25, -0.2) is 8.42 Å². The molecule has 2 aromatic rings. The average molecular weight is 360 g/mol. The maximum absolute atomic E-state index is 12.7. The number of morpholine rings is 1. The van der Waals surface area contributed by atoms with Crippen molar-refractivity contribution < 1.29 is 13.2 Å². The molecule has 0 amide bonds. The van der Waals surface area contributed by atoms with Crippen LogP contribution in [0.2, 0.25) is 0 Å². The van der Waals surface area contributed by atoms with E-state index < -0.39 is 10.0 Å². The predicted molar refractivity (Wildman–Crippen MR) is 97.6 cm³/mol. The van der Waals surface area contributed by atoms with Gasteiger partial charge in [0.05, 0.1) is 18.1 Å². The maximum atomic E-state index is 12.7. The molecule has 0 spiro atoms. The molecule has 0 radical (unpaired) electrons. The first-order valence-electron chi connectivity index (χ1n) is 8.45. The van der Waals surface area contributed by atoms with Gasteiger partial charge in [-0.3, -0.25) is 4.90 Å². The van der Waals surface area contributed by atoms with Crippen molar-refractivity contribution >= 4 is 10.0 Å². The lowest BCUT2D eigenvalue weighted by Crippen LogP contribution is -2.35. The molecule has 1 heterocycles. The molecule has 0 aromatic heterocycles. The van der Waals surface area contributed by atoms with Crippen LogP contribution in [0.5, 0.6) is 0 Å². The summed E-state index contributed by atoms with van der Waals surface area (Å²) in [4.78, 5) is 2.64. The molecular weight excluding hydrogens is 336 g/mol. The zero-order valence-electron chi connectivity index (χ0n) is 14.5.